The lowest BCUT2D eigenvalue weighted by atomic mass is 10.1. The van der Waals surface area contributed by atoms with Gasteiger partial charge in [0.2, 0.25) is 4.96 Å². The van der Waals surface area contributed by atoms with Crippen molar-refractivity contribution in [2.45, 2.75) is 20.4 Å². The molecule has 8 nitrogen and oxygen atoms in total. The molecule has 164 valence electrons. The van der Waals surface area contributed by atoms with Gasteiger partial charge >= 0.3 is 0 Å². The average molecular weight is 451 g/mol. The van der Waals surface area contributed by atoms with Gasteiger partial charge in [-0.1, -0.05) is 23.5 Å². The number of amides is 1. The van der Waals surface area contributed by atoms with Crippen LogP contribution < -0.4 is 20.3 Å². The zero-order chi connectivity index (χ0) is 22.7. The molecular weight excluding hydrogens is 428 g/mol. The van der Waals surface area contributed by atoms with E-state index < -0.39 is 0 Å². The molecule has 0 saturated carbocycles. The van der Waals surface area contributed by atoms with E-state index >= 15 is 0 Å². The zero-order valence-electron chi connectivity index (χ0n) is 17.9. The van der Waals surface area contributed by atoms with Gasteiger partial charge in [-0.25, -0.2) is 4.98 Å². The topological polar surface area (TPSA) is 94.8 Å². The molecule has 32 heavy (non-hydrogen) atoms. The Morgan fingerprint density at radius 2 is 1.91 bits per heavy atom. The van der Waals surface area contributed by atoms with Crippen LogP contribution in [-0.4, -0.2) is 34.2 Å². The first-order valence-electron chi connectivity index (χ1n) is 9.94. The Morgan fingerprint density at radius 3 is 2.66 bits per heavy atom. The largest absolute Gasteiger partial charge is 0.497 e. The zero-order valence-corrected chi connectivity index (χ0v) is 18.7. The molecule has 9 heteroatoms. The predicted molar refractivity (Wildman–Crippen MR) is 122 cm³/mol. The molecule has 0 fully saturated rings. The molecule has 2 aromatic carbocycles. The third-order valence-electron chi connectivity index (χ3n) is 4.80. The lowest BCUT2D eigenvalue weighted by Gasteiger charge is -2.10. The van der Waals surface area contributed by atoms with Crippen LogP contribution in [-0.2, 0) is 11.3 Å². The summed E-state index contributed by atoms with van der Waals surface area (Å²) in [5, 5.41) is 7.77. The molecule has 0 aliphatic rings. The quantitative estimate of drug-likeness (QED) is 0.465. The number of nitrogens with one attached hydrogen (secondary N) is 1. The molecule has 0 atom stereocenters. The van der Waals surface area contributed by atoms with Crippen LogP contribution in [0.3, 0.4) is 0 Å². The van der Waals surface area contributed by atoms with Crippen molar-refractivity contribution in [3.8, 4) is 22.1 Å². The van der Waals surface area contributed by atoms with Crippen LogP contribution in [0.5, 0.6) is 11.5 Å². The van der Waals surface area contributed by atoms with E-state index in [-0.39, 0.29) is 24.6 Å². The maximum Gasteiger partial charge on any atom is 0.275 e. The van der Waals surface area contributed by atoms with E-state index in [1.165, 1.54) is 21.9 Å². The number of aryl methyl sites for hydroxylation is 2. The highest BCUT2D eigenvalue weighted by molar-refractivity contribution is 7.19. The fourth-order valence-corrected chi connectivity index (χ4v) is 3.97. The fraction of sp³-hybridized carbons (Fsp3) is 0.217. The van der Waals surface area contributed by atoms with E-state index in [1.54, 1.807) is 7.11 Å². The normalized spacial score (nSPS) is 10.8. The number of ether oxygens (including phenoxy) is 2. The Bertz CT molecular complexity index is 1330. The Hall–Kier alpha value is -3.72. The van der Waals surface area contributed by atoms with Crippen LogP contribution in [0.25, 0.3) is 15.5 Å². The molecule has 1 N–H and O–H groups in total. The molecule has 0 aliphatic heterocycles. The molecule has 4 rings (SSSR count). The highest BCUT2D eigenvalue weighted by Gasteiger charge is 2.12. The van der Waals surface area contributed by atoms with E-state index in [0.717, 1.165) is 22.4 Å². The SMILES string of the molecule is COc1ccc(-c2nn3c(=O)cc(CNC(=O)COc4cc(C)ccc4C)nc3s2)cc1. The third kappa shape index (κ3) is 4.78. The Labute approximate surface area is 188 Å². The van der Waals surface area contributed by atoms with Gasteiger partial charge in [0, 0.05) is 11.6 Å². The number of methoxy groups -OCH3 is 1. The molecule has 0 bridgehead atoms. The van der Waals surface area contributed by atoms with E-state index in [4.69, 9.17) is 9.47 Å². The Kier molecular flexibility index (Phi) is 6.18. The third-order valence-corrected chi connectivity index (χ3v) is 5.76. The van der Waals surface area contributed by atoms with Crippen molar-refractivity contribution in [1.82, 2.24) is 19.9 Å². The van der Waals surface area contributed by atoms with E-state index in [9.17, 15) is 9.59 Å². The van der Waals surface area contributed by atoms with Crippen LogP contribution in [0.2, 0.25) is 0 Å². The highest BCUT2D eigenvalue weighted by Crippen LogP contribution is 2.26. The summed E-state index contributed by atoms with van der Waals surface area (Å²) in [6, 6.07) is 14.6. The fourth-order valence-electron chi connectivity index (χ4n) is 3.04. The van der Waals surface area contributed by atoms with Gasteiger partial charge in [-0.05, 0) is 55.3 Å². The lowest BCUT2D eigenvalue weighted by Crippen LogP contribution is -2.29. The number of benzene rings is 2. The number of hydrogen-bond acceptors (Lipinski definition) is 7. The molecule has 0 unspecified atom stereocenters. The highest BCUT2D eigenvalue weighted by atomic mass is 32.1. The molecule has 0 saturated heterocycles. The maximum absolute atomic E-state index is 12.5. The molecule has 0 radical (unpaired) electrons. The van der Waals surface area contributed by atoms with Gasteiger partial charge in [0.1, 0.15) is 16.5 Å². The molecular formula is C23H22N4O4S. The van der Waals surface area contributed by atoms with Gasteiger partial charge in [0.25, 0.3) is 11.5 Å². The van der Waals surface area contributed by atoms with Crippen molar-refractivity contribution >= 4 is 22.2 Å². The number of rotatable bonds is 7. The Morgan fingerprint density at radius 1 is 1.12 bits per heavy atom. The summed E-state index contributed by atoms with van der Waals surface area (Å²) in [6.07, 6.45) is 0. The summed E-state index contributed by atoms with van der Waals surface area (Å²) in [5.41, 5.74) is 3.03. The minimum Gasteiger partial charge on any atom is -0.497 e. The standard InChI is InChI=1S/C23H22N4O4S/c1-14-4-5-15(2)19(10-14)31-13-20(28)24-12-17-11-21(29)27-23(25-17)32-22(26-27)16-6-8-18(30-3)9-7-16/h4-11H,12-13H2,1-3H3,(H,24,28). The van der Waals surface area contributed by atoms with E-state index in [2.05, 4.69) is 15.4 Å². The molecule has 0 aliphatic carbocycles. The first-order chi connectivity index (χ1) is 15.4. The summed E-state index contributed by atoms with van der Waals surface area (Å²) >= 11 is 1.30. The van der Waals surface area contributed by atoms with E-state index in [1.807, 2.05) is 56.3 Å². The number of nitrogens with zero attached hydrogens (tertiary/aromatic N) is 3. The maximum atomic E-state index is 12.5. The van der Waals surface area contributed by atoms with Crippen LogP contribution in [0.15, 0.2) is 53.3 Å². The summed E-state index contributed by atoms with van der Waals surface area (Å²) in [4.78, 5) is 29.6. The first kappa shape index (κ1) is 21.5. The number of hydrogen-bond donors (Lipinski definition) is 1. The molecule has 1 amide bonds. The van der Waals surface area contributed by atoms with Crippen LogP contribution in [0, 0.1) is 13.8 Å². The number of aromatic nitrogens is 3. The first-order valence-corrected chi connectivity index (χ1v) is 10.8. The molecule has 4 aromatic rings. The van der Waals surface area contributed by atoms with Crippen molar-refractivity contribution in [3.63, 3.8) is 0 Å². The average Bonchev–Trinajstić information content (AvgIpc) is 3.23. The molecule has 2 aromatic heterocycles. The van der Waals surface area contributed by atoms with Gasteiger partial charge < -0.3 is 14.8 Å². The van der Waals surface area contributed by atoms with Gasteiger partial charge in [-0.3, -0.25) is 9.59 Å². The number of carbonyl (C=O) groups excluding carboxylic acids is 1. The van der Waals surface area contributed by atoms with Crippen molar-refractivity contribution in [2.24, 2.45) is 0 Å². The lowest BCUT2D eigenvalue weighted by molar-refractivity contribution is -0.123. The van der Waals surface area contributed by atoms with Crippen LogP contribution in [0.1, 0.15) is 16.8 Å². The van der Waals surface area contributed by atoms with Crippen molar-refractivity contribution in [2.75, 3.05) is 13.7 Å². The van der Waals surface area contributed by atoms with Crippen LogP contribution in [0.4, 0.5) is 0 Å². The van der Waals surface area contributed by atoms with Gasteiger partial charge in [-0.2, -0.15) is 9.61 Å². The van der Waals surface area contributed by atoms with Gasteiger partial charge in [0.05, 0.1) is 19.3 Å². The van der Waals surface area contributed by atoms with Gasteiger partial charge in [0.15, 0.2) is 6.61 Å². The smallest absolute Gasteiger partial charge is 0.275 e. The number of fused-ring (bicyclic) bond motifs is 1. The summed E-state index contributed by atoms with van der Waals surface area (Å²) < 4.78 is 12.0. The summed E-state index contributed by atoms with van der Waals surface area (Å²) in [6.45, 7) is 3.89. The second-order valence-corrected chi connectivity index (χ2v) is 8.21. The molecule has 0 spiro atoms. The van der Waals surface area contributed by atoms with Crippen LogP contribution >= 0.6 is 11.3 Å². The predicted octanol–water partition coefficient (Wildman–Crippen LogP) is 3.14. The van der Waals surface area contributed by atoms with Crippen molar-refractivity contribution < 1.29 is 14.3 Å². The Balaban J connectivity index is 1.43. The van der Waals surface area contributed by atoms with Crippen molar-refractivity contribution in [3.05, 3.63) is 75.7 Å². The summed E-state index contributed by atoms with van der Waals surface area (Å²) in [7, 11) is 1.60. The summed E-state index contributed by atoms with van der Waals surface area (Å²) in [5.74, 6) is 1.12. The van der Waals surface area contributed by atoms with E-state index in [0.29, 0.717) is 21.4 Å². The minimum atomic E-state index is -0.304. The monoisotopic (exact) mass is 450 g/mol. The second-order valence-electron chi connectivity index (χ2n) is 7.25. The number of carbonyl (C=O) groups is 1. The van der Waals surface area contributed by atoms with Crippen molar-refractivity contribution in [1.29, 1.82) is 0 Å². The molecule has 2 heterocycles. The minimum absolute atomic E-state index is 0.117. The second kappa shape index (κ2) is 9.19. The van der Waals surface area contributed by atoms with Gasteiger partial charge in [-0.15, -0.1) is 0 Å².